The Kier molecular flexibility index (Phi) is 4.81. The number of benzene rings is 1. The van der Waals surface area contributed by atoms with Crippen LogP contribution >= 0.6 is 0 Å². The van der Waals surface area contributed by atoms with Gasteiger partial charge in [-0.1, -0.05) is 12.4 Å². The first-order chi connectivity index (χ1) is 12.5. The first-order valence-corrected chi connectivity index (χ1v) is 8.58. The van der Waals surface area contributed by atoms with Crippen LogP contribution in [0.5, 0.6) is 11.5 Å². The van der Waals surface area contributed by atoms with Gasteiger partial charge in [-0.05, 0) is 25.0 Å². The van der Waals surface area contributed by atoms with Crippen molar-refractivity contribution in [3.8, 4) is 11.5 Å². The van der Waals surface area contributed by atoms with E-state index in [9.17, 15) is 24.7 Å². The highest BCUT2D eigenvalue weighted by Gasteiger charge is 2.41. The van der Waals surface area contributed by atoms with Crippen LogP contribution in [0.1, 0.15) is 22.8 Å². The fourth-order valence-corrected chi connectivity index (χ4v) is 3.12. The number of aliphatic hydroxyl groups is 1. The van der Waals surface area contributed by atoms with Crippen LogP contribution in [-0.4, -0.2) is 75.1 Å². The molecule has 3 rings (SSSR count). The maximum Gasteiger partial charge on any atom is 0.430 e. The molecule has 2 aliphatic rings. The largest absolute Gasteiger partial charge is 0.669 e. The molecule has 27 heavy (non-hydrogen) atoms. The number of aromatic carboxylic acids is 1. The number of amides is 1. The average molecular weight is 381 g/mol. The molecule has 1 amide bonds. The Morgan fingerprint density at radius 1 is 1.41 bits per heavy atom. The van der Waals surface area contributed by atoms with E-state index in [2.05, 4.69) is 0 Å². The SMILES string of the molecule is CC(N)(CO)C(=O)N1CC(Oc2ccc3c(c2C(=O)O)O[B-](O)(O)CC3)C1. The van der Waals surface area contributed by atoms with Crippen LogP contribution in [0.2, 0.25) is 6.32 Å². The number of carbonyl (C=O) groups excluding carboxylic acids is 1. The fraction of sp³-hybridized carbons (Fsp3) is 0.500. The van der Waals surface area contributed by atoms with Gasteiger partial charge in [0.1, 0.15) is 23.0 Å². The lowest BCUT2D eigenvalue weighted by molar-refractivity contribution is -0.146. The monoisotopic (exact) mass is 381 g/mol. The smallest absolute Gasteiger partial charge is 0.430 e. The molecule has 1 fully saturated rings. The third kappa shape index (κ3) is 3.72. The molecule has 1 aromatic rings. The Bertz CT molecular complexity index is 776. The van der Waals surface area contributed by atoms with E-state index in [0.29, 0.717) is 5.56 Å². The summed E-state index contributed by atoms with van der Waals surface area (Å²) in [6, 6.07) is 3.11. The zero-order valence-corrected chi connectivity index (χ0v) is 14.8. The zero-order chi connectivity index (χ0) is 20.0. The number of carbonyl (C=O) groups is 2. The number of likely N-dealkylation sites (tertiary alicyclic amines) is 1. The summed E-state index contributed by atoms with van der Waals surface area (Å²) in [4.78, 5) is 25.3. The topological polar surface area (TPSA) is 163 Å². The summed E-state index contributed by atoms with van der Waals surface area (Å²) in [5, 5.41) is 38.2. The number of rotatable bonds is 5. The van der Waals surface area contributed by atoms with E-state index in [1.54, 1.807) is 6.07 Å². The molecule has 1 atom stereocenters. The fourth-order valence-electron chi connectivity index (χ4n) is 3.12. The second-order valence-electron chi connectivity index (χ2n) is 7.27. The molecule has 0 aromatic heterocycles. The number of fused-ring (bicyclic) bond motifs is 1. The van der Waals surface area contributed by atoms with Crippen molar-refractivity contribution in [1.29, 1.82) is 0 Å². The van der Waals surface area contributed by atoms with Crippen molar-refractivity contribution in [3.05, 3.63) is 23.3 Å². The summed E-state index contributed by atoms with van der Waals surface area (Å²) < 4.78 is 10.8. The lowest BCUT2D eigenvalue weighted by atomic mass is 9.70. The Hall–Kier alpha value is -2.34. The number of aliphatic hydroxyl groups excluding tert-OH is 1. The molecule has 0 aliphatic carbocycles. The van der Waals surface area contributed by atoms with Gasteiger partial charge in [-0.15, -0.1) is 0 Å². The van der Waals surface area contributed by atoms with Crippen LogP contribution in [0.4, 0.5) is 0 Å². The van der Waals surface area contributed by atoms with Gasteiger partial charge in [0.05, 0.1) is 25.4 Å². The quantitative estimate of drug-likeness (QED) is 0.384. The molecular weight excluding hydrogens is 359 g/mol. The Balaban J connectivity index is 1.76. The molecule has 0 saturated carbocycles. The van der Waals surface area contributed by atoms with Gasteiger partial charge in [0, 0.05) is 0 Å². The molecule has 0 bridgehead atoms. The first-order valence-electron chi connectivity index (χ1n) is 8.58. The summed E-state index contributed by atoms with van der Waals surface area (Å²) >= 11 is 0. The molecule has 0 radical (unpaired) electrons. The van der Waals surface area contributed by atoms with Gasteiger partial charge in [-0.3, -0.25) is 4.79 Å². The first kappa shape index (κ1) is 19.4. The summed E-state index contributed by atoms with van der Waals surface area (Å²) in [5.74, 6) is -1.84. The number of aryl methyl sites for hydroxylation is 1. The molecule has 6 N–H and O–H groups in total. The molecule has 2 aliphatic heterocycles. The standard InChI is InChI=1S/C16H22BN2O8/c1-16(18,8-20)15(23)19-6-10(7-19)26-11-3-2-9-4-5-17(24,25)27-13(9)12(11)14(21)22/h2-3,10,20,24-25H,4-8,18H2,1H3,(H,21,22)/q-1. The highest BCUT2D eigenvalue weighted by molar-refractivity contribution is 6.59. The van der Waals surface area contributed by atoms with Gasteiger partial charge in [-0.25, -0.2) is 4.79 Å². The highest BCUT2D eigenvalue weighted by Crippen LogP contribution is 2.39. The number of ether oxygens (including phenoxy) is 1. The van der Waals surface area contributed by atoms with E-state index in [1.165, 1.54) is 17.9 Å². The second kappa shape index (κ2) is 6.68. The number of nitrogens with zero attached hydrogens (tertiary/aromatic N) is 1. The van der Waals surface area contributed by atoms with Crippen molar-refractivity contribution in [1.82, 2.24) is 4.90 Å². The van der Waals surface area contributed by atoms with Gasteiger partial charge in [-0.2, -0.15) is 0 Å². The summed E-state index contributed by atoms with van der Waals surface area (Å²) in [6.45, 7) is -1.80. The summed E-state index contributed by atoms with van der Waals surface area (Å²) in [7, 11) is 0. The van der Waals surface area contributed by atoms with Crippen LogP contribution in [0.25, 0.3) is 0 Å². The number of carboxylic acid groups (broad SMARTS) is 1. The zero-order valence-electron chi connectivity index (χ0n) is 14.8. The number of hydrogen-bond acceptors (Lipinski definition) is 8. The third-order valence-electron chi connectivity index (χ3n) is 4.76. The van der Waals surface area contributed by atoms with E-state index in [0.717, 1.165) is 0 Å². The second-order valence-corrected chi connectivity index (χ2v) is 7.27. The minimum atomic E-state index is -3.11. The van der Waals surface area contributed by atoms with Crippen LogP contribution in [-0.2, 0) is 11.2 Å². The molecule has 1 saturated heterocycles. The van der Waals surface area contributed by atoms with Crippen molar-refractivity contribution in [2.75, 3.05) is 19.7 Å². The van der Waals surface area contributed by atoms with Gasteiger partial charge < -0.3 is 40.3 Å². The minimum Gasteiger partial charge on any atom is -0.669 e. The van der Waals surface area contributed by atoms with Crippen molar-refractivity contribution < 1.29 is 39.2 Å². The third-order valence-corrected chi connectivity index (χ3v) is 4.76. The number of carboxylic acids is 1. The molecule has 1 unspecified atom stereocenters. The molecule has 148 valence electrons. The van der Waals surface area contributed by atoms with Crippen LogP contribution in [0.15, 0.2) is 12.1 Å². The summed E-state index contributed by atoms with van der Waals surface area (Å²) in [6.07, 6.45) is -0.207. The van der Waals surface area contributed by atoms with Crippen LogP contribution in [0, 0.1) is 0 Å². The molecule has 1 aromatic carbocycles. The predicted octanol–water partition coefficient (Wildman–Crippen LogP) is -1.46. The predicted molar refractivity (Wildman–Crippen MR) is 93.4 cm³/mol. The Morgan fingerprint density at radius 3 is 2.67 bits per heavy atom. The van der Waals surface area contributed by atoms with Crippen molar-refractivity contribution in [2.24, 2.45) is 5.73 Å². The van der Waals surface area contributed by atoms with E-state index in [-0.39, 0.29) is 42.9 Å². The Morgan fingerprint density at radius 2 is 2.07 bits per heavy atom. The molecule has 11 heteroatoms. The molecule has 0 spiro atoms. The Labute approximate surface area is 155 Å². The van der Waals surface area contributed by atoms with E-state index < -0.39 is 36.9 Å². The number of nitrogens with two attached hydrogens (primary N) is 1. The van der Waals surface area contributed by atoms with Crippen molar-refractivity contribution in [3.63, 3.8) is 0 Å². The normalized spacial score (nSPS) is 20.7. The number of hydrogen-bond donors (Lipinski definition) is 5. The lowest BCUT2D eigenvalue weighted by Crippen LogP contribution is -2.64. The highest BCUT2D eigenvalue weighted by atomic mass is 16.6. The van der Waals surface area contributed by atoms with Crippen molar-refractivity contribution >= 4 is 18.6 Å². The van der Waals surface area contributed by atoms with Crippen LogP contribution < -0.4 is 15.1 Å². The maximum absolute atomic E-state index is 12.1. The van der Waals surface area contributed by atoms with Gasteiger partial charge >= 0.3 is 12.7 Å². The van der Waals surface area contributed by atoms with E-state index >= 15 is 0 Å². The van der Waals surface area contributed by atoms with Gasteiger partial charge in [0.15, 0.2) is 0 Å². The van der Waals surface area contributed by atoms with Crippen molar-refractivity contribution in [2.45, 2.75) is 31.3 Å². The van der Waals surface area contributed by atoms with Gasteiger partial charge in [0.25, 0.3) is 0 Å². The van der Waals surface area contributed by atoms with E-state index in [1.807, 2.05) is 0 Å². The summed E-state index contributed by atoms with van der Waals surface area (Å²) in [5.41, 5.74) is 4.59. The lowest BCUT2D eigenvalue weighted by Gasteiger charge is -2.42. The van der Waals surface area contributed by atoms with E-state index in [4.69, 9.17) is 20.2 Å². The average Bonchev–Trinajstić information content (AvgIpc) is 2.55. The van der Waals surface area contributed by atoms with Gasteiger partial charge in [0.2, 0.25) is 5.91 Å². The minimum absolute atomic E-state index is 0.0181. The molecular formula is C16H22BN2O8-. The molecule has 10 nitrogen and oxygen atoms in total. The molecule has 2 heterocycles. The maximum atomic E-state index is 12.1. The van der Waals surface area contributed by atoms with Crippen LogP contribution in [0.3, 0.4) is 0 Å².